The third-order valence-electron chi connectivity index (χ3n) is 3.99. The van der Waals surface area contributed by atoms with Gasteiger partial charge in [-0.2, -0.15) is 0 Å². The standard InChI is InChI=1S/C19H20N2O6/c1-21(19(22)14-6-5-7-26-14)11-13-10-15(27-20-13)12-8-16(23-2)18(25-4)17(9-12)24-3/h5-10H,11H2,1-4H3. The van der Waals surface area contributed by atoms with Crippen molar-refractivity contribution in [2.24, 2.45) is 0 Å². The Balaban J connectivity index is 1.82. The molecule has 0 saturated heterocycles. The van der Waals surface area contributed by atoms with E-state index in [4.69, 9.17) is 23.2 Å². The van der Waals surface area contributed by atoms with Crippen molar-refractivity contribution in [2.45, 2.75) is 6.54 Å². The van der Waals surface area contributed by atoms with E-state index >= 15 is 0 Å². The van der Waals surface area contributed by atoms with Crippen LogP contribution in [0.25, 0.3) is 11.3 Å². The average Bonchev–Trinajstić information content (AvgIpc) is 3.38. The zero-order chi connectivity index (χ0) is 19.4. The lowest BCUT2D eigenvalue weighted by molar-refractivity contribution is 0.0750. The van der Waals surface area contributed by atoms with E-state index in [9.17, 15) is 4.79 Å². The Hall–Kier alpha value is -3.42. The molecule has 0 aliphatic heterocycles. The number of aromatic nitrogens is 1. The Morgan fingerprint density at radius 3 is 2.37 bits per heavy atom. The van der Waals surface area contributed by atoms with E-state index in [1.807, 2.05) is 0 Å². The minimum absolute atomic E-state index is 0.239. The Kier molecular flexibility index (Phi) is 5.35. The first kappa shape index (κ1) is 18.4. The second kappa shape index (κ2) is 7.86. The molecule has 8 nitrogen and oxygen atoms in total. The van der Waals surface area contributed by atoms with Crippen molar-refractivity contribution >= 4 is 5.91 Å². The minimum atomic E-state index is -0.239. The van der Waals surface area contributed by atoms with Crippen LogP contribution in [0.15, 0.2) is 45.5 Å². The van der Waals surface area contributed by atoms with Crippen molar-refractivity contribution < 1.29 is 27.9 Å². The zero-order valence-corrected chi connectivity index (χ0v) is 15.5. The second-order valence-corrected chi connectivity index (χ2v) is 5.74. The SMILES string of the molecule is COc1cc(-c2cc(CN(C)C(=O)c3ccco3)no2)cc(OC)c1OC. The van der Waals surface area contributed by atoms with Gasteiger partial charge in [0.15, 0.2) is 23.0 Å². The molecule has 0 unspecified atom stereocenters. The number of hydrogen-bond acceptors (Lipinski definition) is 7. The van der Waals surface area contributed by atoms with Crippen LogP contribution in [0.5, 0.6) is 17.2 Å². The molecule has 8 heteroatoms. The molecule has 3 rings (SSSR count). The maximum Gasteiger partial charge on any atom is 0.289 e. The summed E-state index contributed by atoms with van der Waals surface area (Å²) in [5.74, 6) is 2.06. The Morgan fingerprint density at radius 2 is 1.81 bits per heavy atom. The van der Waals surface area contributed by atoms with E-state index in [1.54, 1.807) is 58.7 Å². The van der Waals surface area contributed by atoms with Crippen molar-refractivity contribution in [3.8, 4) is 28.6 Å². The predicted molar refractivity (Wildman–Crippen MR) is 96.1 cm³/mol. The van der Waals surface area contributed by atoms with E-state index in [0.29, 0.717) is 34.3 Å². The highest BCUT2D eigenvalue weighted by Crippen LogP contribution is 2.41. The molecule has 0 bridgehead atoms. The molecule has 1 aromatic carbocycles. The van der Waals surface area contributed by atoms with E-state index < -0.39 is 0 Å². The number of carbonyl (C=O) groups is 1. The van der Waals surface area contributed by atoms with Gasteiger partial charge < -0.3 is 28.1 Å². The third kappa shape index (κ3) is 3.74. The molecular weight excluding hydrogens is 352 g/mol. The van der Waals surface area contributed by atoms with Crippen LogP contribution in [0, 0.1) is 0 Å². The number of benzene rings is 1. The molecular formula is C19H20N2O6. The van der Waals surface area contributed by atoms with Gasteiger partial charge in [0, 0.05) is 18.7 Å². The van der Waals surface area contributed by atoms with Crippen molar-refractivity contribution in [3.63, 3.8) is 0 Å². The number of nitrogens with zero attached hydrogens (tertiary/aromatic N) is 2. The number of amides is 1. The van der Waals surface area contributed by atoms with Crippen molar-refractivity contribution in [3.05, 3.63) is 48.0 Å². The molecule has 1 amide bonds. The number of furan rings is 1. The van der Waals surface area contributed by atoms with Crippen LogP contribution in [0.2, 0.25) is 0 Å². The van der Waals surface area contributed by atoms with Gasteiger partial charge in [-0.25, -0.2) is 0 Å². The molecule has 0 spiro atoms. The lowest BCUT2D eigenvalue weighted by atomic mass is 10.1. The summed E-state index contributed by atoms with van der Waals surface area (Å²) >= 11 is 0. The highest BCUT2D eigenvalue weighted by atomic mass is 16.5. The van der Waals surface area contributed by atoms with Gasteiger partial charge in [0.1, 0.15) is 5.69 Å². The summed E-state index contributed by atoms with van der Waals surface area (Å²) < 4.78 is 26.6. The topological polar surface area (TPSA) is 87.2 Å². The molecule has 27 heavy (non-hydrogen) atoms. The fraction of sp³-hybridized carbons (Fsp3) is 0.263. The maximum absolute atomic E-state index is 12.3. The highest BCUT2D eigenvalue weighted by molar-refractivity contribution is 5.91. The summed E-state index contributed by atoms with van der Waals surface area (Å²) in [5.41, 5.74) is 1.31. The summed E-state index contributed by atoms with van der Waals surface area (Å²) in [7, 11) is 6.29. The first-order valence-electron chi connectivity index (χ1n) is 8.12. The fourth-order valence-corrected chi connectivity index (χ4v) is 2.65. The maximum atomic E-state index is 12.3. The molecule has 0 saturated carbocycles. The summed E-state index contributed by atoms with van der Waals surface area (Å²) in [6.07, 6.45) is 1.46. The lowest BCUT2D eigenvalue weighted by Gasteiger charge is -2.13. The van der Waals surface area contributed by atoms with Crippen LogP contribution in [0.1, 0.15) is 16.2 Å². The number of methoxy groups -OCH3 is 3. The van der Waals surface area contributed by atoms with Crippen molar-refractivity contribution in [1.82, 2.24) is 10.1 Å². The Labute approximate surface area is 156 Å². The van der Waals surface area contributed by atoms with Crippen LogP contribution in [-0.2, 0) is 6.54 Å². The van der Waals surface area contributed by atoms with E-state index in [-0.39, 0.29) is 18.2 Å². The van der Waals surface area contributed by atoms with Gasteiger partial charge in [-0.3, -0.25) is 4.79 Å². The van der Waals surface area contributed by atoms with Crippen LogP contribution >= 0.6 is 0 Å². The van der Waals surface area contributed by atoms with Gasteiger partial charge in [0.2, 0.25) is 5.75 Å². The fourth-order valence-electron chi connectivity index (χ4n) is 2.65. The summed E-state index contributed by atoms with van der Waals surface area (Å²) in [6.45, 7) is 0.271. The van der Waals surface area contributed by atoms with Crippen LogP contribution in [-0.4, -0.2) is 44.3 Å². The van der Waals surface area contributed by atoms with E-state index in [0.717, 1.165) is 0 Å². The molecule has 0 fully saturated rings. The van der Waals surface area contributed by atoms with E-state index in [2.05, 4.69) is 5.16 Å². The number of rotatable bonds is 7. The van der Waals surface area contributed by atoms with Gasteiger partial charge in [0.25, 0.3) is 5.91 Å². The molecule has 3 aromatic rings. The zero-order valence-electron chi connectivity index (χ0n) is 15.5. The quantitative estimate of drug-likeness (QED) is 0.629. The van der Waals surface area contributed by atoms with Gasteiger partial charge in [-0.15, -0.1) is 0 Å². The molecule has 0 aliphatic carbocycles. The smallest absolute Gasteiger partial charge is 0.289 e. The summed E-state index contributed by atoms with van der Waals surface area (Å²) in [5, 5.41) is 4.04. The van der Waals surface area contributed by atoms with Gasteiger partial charge in [0.05, 0.1) is 34.1 Å². The van der Waals surface area contributed by atoms with Crippen molar-refractivity contribution in [2.75, 3.05) is 28.4 Å². The summed E-state index contributed by atoms with van der Waals surface area (Å²) in [4.78, 5) is 13.7. The number of ether oxygens (including phenoxy) is 3. The molecule has 142 valence electrons. The van der Waals surface area contributed by atoms with E-state index in [1.165, 1.54) is 11.2 Å². The van der Waals surface area contributed by atoms with Crippen LogP contribution in [0.3, 0.4) is 0 Å². The first-order chi connectivity index (χ1) is 13.1. The third-order valence-corrected chi connectivity index (χ3v) is 3.99. The number of hydrogen-bond donors (Lipinski definition) is 0. The van der Waals surface area contributed by atoms with Gasteiger partial charge in [-0.1, -0.05) is 5.16 Å². The lowest BCUT2D eigenvalue weighted by Crippen LogP contribution is -2.25. The first-order valence-corrected chi connectivity index (χ1v) is 8.12. The molecule has 0 N–H and O–H groups in total. The number of carbonyl (C=O) groups excluding carboxylic acids is 1. The minimum Gasteiger partial charge on any atom is -0.493 e. The molecule has 2 heterocycles. The van der Waals surface area contributed by atoms with Gasteiger partial charge >= 0.3 is 0 Å². The predicted octanol–water partition coefficient (Wildman–Crippen LogP) is 3.23. The van der Waals surface area contributed by atoms with Gasteiger partial charge in [-0.05, 0) is 24.3 Å². The van der Waals surface area contributed by atoms with Crippen LogP contribution < -0.4 is 14.2 Å². The van der Waals surface area contributed by atoms with Crippen LogP contribution in [0.4, 0.5) is 0 Å². The molecule has 0 aliphatic rings. The van der Waals surface area contributed by atoms with Crippen molar-refractivity contribution in [1.29, 1.82) is 0 Å². The summed E-state index contributed by atoms with van der Waals surface area (Å²) in [6, 6.07) is 8.57. The average molecular weight is 372 g/mol. The molecule has 0 radical (unpaired) electrons. The Morgan fingerprint density at radius 1 is 1.11 bits per heavy atom. The normalized spacial score (nSPS) is 10.5. The monoisotopic (exact) mass is 372 g/mol. The second-order valence-electron chi connectivity index (χ2n) is 5.74. The Bertz CT molecular complexity index is 891. The molecule has 2 aromatic heterocycles. The highest BCUT2D eigenvalue weighted by Gasteiger charge is 2.19. The largest absolute Gasteiger partial charge is 0.493 e. The molecule has 0 atom stereocenters.